The first-order valence-corrected chi connectivity index (χ1v) is 4.86. The summed E-state index contributed by atoms with van der Waals surface area (Å²) in [5.74, 6) is 0. The molecule has 3 unspecified atom stereocenters. The van der Waals surface area contributed by atoms with Crippen molar-refractivity contribution in [3.05, 3.63) is 0 Å². The van der Waals surface area contributed by atoms with Gasteiger partial charge in [-0.1, -0.05) is 6.92 Å². The molecule has 1 heterocycles. The van der Waals surface area contributed by atoms with Gasteiger partial charge in [-0.15, -0.1) is 0 Å². The smallest absolute Gasteiger partial charge is 0.130 e. The van der Waals surface area contributed by atoms with E-state index in [1.807, 2.05) is 13.8 Å². The minimum absolute atomic E-state index is 0.0226. The van der Waals surface area contributed by atoms with E-state index in [0.29, 0.717) is 0 Å². The molecule has 3 atom stereocenters. The van der Waals surface area contributed by atoms with Gasteiger partial charge in [0.2, 0.25) is 0 Å². The quantitative estimate of drug-likeness (QED) is 0.666. The van der Waals surface area contributed by atoms with Crippen LogP contribution in [0.3, 0.4) is 0 Å². The molecule has 12 heavy (non-hydrogen) atoms. The number of hydrogen-bond acceptors (Lipinski definition) is 2. The van der Waals surface area contributed by atoms with E-state index in [9.17, 15) is 4.39 Å². The van der Waals surface area contributed by atoms with Gasteiger partial charge in [-0.25, -0.2) is 4.39 Å². The summed E-state index contributed by atoms with van der Waals surface area (Å²) >= 11 is 0. The van der Waals surface area contributed by atoms with Gasteiger partial charge in [0.25, 0.3) is 0 Å². The van der Waals surface area contributed by atoms with E-state index in [4.69, 9.17) is 0 Å². The topological polar surface area (TPSA) is 24.1 Å². The van der Waals surface area contributed by atoms with E-state index in [1.54, 1.807) is 0 Å². The molecule has 1 aliphatic rings. The standard InChI is InChI=1S/C9H19FN2/c1-3-11-7(2)9(10)8-5-4-6-12-8/h7-9,11-12H,3-6H2,1-2H3. The van der Waals surface area contributed by atoms with Gasteiger partial charge >= 0.3 is 0 Å². The van der Waals surface area contributed by atoms with Crippen LogP contribution in [0, 0.1) is 0 Å². The lowest BCUT2D eigenvalue weighted by molar-refractivity contribution is 0.210. The van der Waals surface area contributed by atoms with Crippen LogP contribution in [0.5, 0.6) is 0 Å². The maximum absolute atomic E-state index is 13.6. The predicted octanol–water partition coefficient (Wildman–Crippen LogP) is 1.07. The Morgan fingerprint density at radius 3 is 2.92 bits per heavy atom. The van der Waals surface area contributed by atoms with Crippen molar-refractivity contribution in [1.82, 2.24) is 10.6 Å². The summed E-state index contributed by atoms with van der Waals surface area (Å²) in [6, 6.07) is 0.0599. The highest BCUT2D eigenvalue weighted by molar-refractivity contribution is 4.87. The van der Waals surface area contributed by atoms with Crippen molar-refractivity contribution >= 4 is 0 Å². The second kappa shape index (κ2) is 4.77. The predicted molar refractivity (Wildman–Crippen MR) is 49.1 cm³/mol. The molecule has 1 rings (SSSR count). The van der Waals surface area contributed by atoms with Crippen molar-refractivity contribution < 1.29 is 4.39 Å². The fraction of sp³-hybridized carbons (Fsp3) is 1.00. The van der Waals surface area contributed by atoms with Crippen LogP contribution in [0.1, 0.15) is 26.7 Å². The Balaban J connectivity index is 2.29. The normalized spacial score (nSPS) is 28.8. The molecule has 0 bridgehead atoms. The van der Waals surface area contributed by atoms with Crippen LogP contribution in [0.25, 0.3) is 0 Å². The summed E-state index contributed by atoms with van der Waals surface area (Å²) in [6.45, 7) is 5.73. The summed E-state index contributed by atoms with van der Waals surface area (Å²) in [5.41, 5.74) is 0. The van der Waals surface area contributed by atoms with Crippen LogP contribution in [0.15, 0.2) is 0 Å². The Hall–Kier alpha value is -0.150. The zero-order valence-electron chi connectivity index (χ0n) is 7.94. The minimum Gasteiger partial charge on any atom is -0.312 e. The van der Waals surface area contributed by atoms with Crippen LogP contribution in [-0.2, 0) is 0 Å². The summed E-state index contributed by atoms with van der Waals surface area (Å²) in [7, 11) is 0. The number of alkyl halides is 1. The summed E-state index contributed by atoms with van der Waals surface area (Å²) < 4.78 is 13.6. The molecular weight excluding hydrogens is 155 g/mol. The SMILES string of the molecule is CCNC(C)C(F)C1CCCN1. The second-order valence-corrected chi connectivity index (χ2v) is 3.49. The number of nitrogens with one attached hydrogen (secondary N) is 2. The highest BCUT2D eigenvalue weighted by Crippen LogP contribution is 2.14. The largest absolute Gasteiger partial charge is 0.312 e. The van der Waals surface area contributed by atoms with Gasteiger partial charge in [-0.05, 0) is 32.9 Å². The van der Waals surface area contributed by atoms with Crippen LogP contribution in [0.2, 0.25) is 0 Å². The van der Waals surface area contributed by atoms with Crippen LogP contribution >= 0.6 is 0 Å². The third-order valence-electron chi connectivity index (χ3n) is 2.49. The Kier molecular flexibility index (Phi) is 3.95. The van der Waals surface area contributed by atoms with Crippen molar-refractivity contribution in [1.29, 1.82) is 0 Å². The maximum Gasteiger partial charge on any atom is 0.130 e. The van der Waals surface area contributed by atoms with Gasteiger partial charge in [0.1, 0.15) is 6.17 Å². The number of rotatable bonds is 4. The van der Waals surface area contributed by atoms with Gasteiger partial charge in [-0.3, -0.25) is 0 Å². The molecule has 1 saturated heterocycles. The van der Waals surface area contributed by atoms with Crippen molar-refractivity contribution in [2.75, 3.05) is 13.1 Å². The van der Waals surface area contributed by atoms with E-state index < -0.39 is 6.17 Å². The first-order chi connectivity index (χ1) is 5.75. The van der Waals surface area contributed by atoms with Gasteiger partial charge in [0.15, 0.2) is 0 Å². The van der Waals surface area contributed by atoms with Gasteiger partial charge in [0, 0.05) is 12.1 Å². The van der Waals surface area contributed by atoms with E-state index in [-0.39, 0.29) is 12.1 Å². The Labute approximate surface area is 73.9 Å². The van der Waals surface area contributed by atoms with Gasteiger partial charge in [-0.2, -0.15) is 0 Å². The molecule has 1 fully saturated rings. The summed E-state index contributed by atoms with van der Waals surface area (Å²) in [6.07, 6.45) is 1.35. The molecule has 0 aromatic rings. The van der Waals surface area contributed by atoms with Crippen molar-refractivity contribution in [2.45, 2.75) is 44.9 Å². The number of hydrogen-bond donors (Lipinski definition) is 2. The van der Waals surface area contributed by atoms with Crippen LogP contribution < -0.4 is 10.6 Å². The molecule has 3 heteroatoms. The summed E-state index contributed by atoms with van der Waals surface area (Å²) in [5, 5.41) is 6.29. The number of halogens is 1. The molecule has 0 saturated carbocycles. The molecule has 0 spiro atoms. The lowest BCUT2D eigenvalue weighted by atomic mass is 10.0. The second-order valence-electron chi connectivity index (χ2n) is 3.49. The molecule has 2 N–H and O–H groups in total. The zero-order valence-corrected chi connectivity index (χ0v) is 7.94. The third kappa shape index (κ3) is 2.42. The molecule has 1 aliphatic heterocycles. The molecule has 0 aliphatic carbocycles. The van der Waals surface area contributed by atoms with Crippen molar-refractivity contribution in [2.24, 2.45) is 0 Å². The average molecular weight is 174 g/mol. The fourth-order valence-corrected chi connectivity index (χ4v) is 1.77. The van der Waals surface area contributed by atoms with Crippen LogP contribution in [0.4, 0.5) is 4.39 Å². The lowest BCUT2D eigenvalue weighted by Gasteiger charge is -2.22. The average Bonchev–Trinajstić information content (AvgIpc) is 2.55. The molecular formula is C9H19FN2. The molecule has 0 aromatic heterocycles. The molecule has 72 valence electrons. The molecule has 0 radical (unpaired) electrons. The first-order valence-electron chi connectivity index (χ1n) is 4.86. The summed E-state index contributed by atoms with van der Waals surface area (Å²) in [4.78, 5) is 0. The molecule has 0 amide bonds. The van der Waals surface area contributed by atoms with E-state index in [0.717, 1.165) is 25.9 Å². The third-order valence-corrected chi connectivity index (χ3v) is 2.49. The Bertz CT molecular complexity index is 124. The van der Waals surface area contributed by atoms with E-state index in [1.165, 1.54) is 0 Å². The van der Waals surface area contributed by atoms with Gasteiger partial charge < -0.3 is 10.6 Å². The van der Waals surface area contributed by atoms with Crippen molar-refractivity contribution in [3.8, 4) is 0 Å². The maximum atomic E-state index is 13.6. The molecule has 2 nitrogen and oxygen atoms in total. The minimum atomic E-state index is -0.743. The van der Waals surface area contributed by atoms with Crippen LogP contribution in [-0.4, -0.2) is 31.3 Å². The Morgan fingerprint density at radius 2 is 2.42 bits per heavy atom. The van der Waals surface area contributed by atoms with Crippen molar-refractivity contribution in [3.63, 3.8) is 0 Å². The highest BCUT2D eigenvalue weighted by Gasteiger charge is 2.28. The monoisotopic (exact) mass is 174 g/mol. The lowest BCUT2D eigenvalue weighted by Crippen LogP contribution is -2.45. The fourth-order valence-electron chi connectivity index (χ4n) is 1.77. The van der Waals surface area contributed by atoms with E-state index >= 15 is 0 Å². The van der Waals surface area contributed by atoms with Gasteiger partial charge in [0.05, 0.1) is 0 Å². The zero-order chi connectivity index (χ0) is 8.97. The van der Waals surface area contributed by atoms with E-state index in [2.05, 4.69) is 10.6 Å². The molecule has 0 aromatic carbocycles. The Morgan fingerprint density at radius 1 is 1.67 bits per heavy atom. The highest BCUT2D eigenvalue weighted by atomic mass is 19.1. The first kappa shape index (κ1) is 9.93.